The van der Waals surface area contributed by atoms with Crippen LogP contribution in [0.2, 0.25) is 0 Å². The number of nitrogens with two attached hydrogens (primary N) is 1. The fourth-order valence-corrected chi connectivity index (χ4v) is 2.53. The summed E-state index contributed by atoms with van der Waals surface area (Å²) in [6.07, 6.45) is -2.82. The SMILES string of the molecule is CC1(C)OC(CO)C(C2OC(C)(C)OC2C(N)=O)O1. The molecule has 0 aromatic carbocycles. The van der Waals surface area contributed by atoms with Crippen LogP contribution in [0.1, 0.15) is 27.7 Å². The second-order valence-corrected chi connectivity index (χ2v) is 5.74. The van der Waals surface area contributed by atoms with Crippen molar-refractivity contribution >= 4 is 5.91 Å². The van der Waals surface area contributed by atoms with Crippen molar-refractivity contribution in [2.45, 2.75) is 63.7 Å². The van der Waals surface area contributed by atoms with Gasteiger partial charge in [-0.25, -0.2) is 0 Å². The van der Waals surface area contributed by atoms with E-state index < -0.39 is 41.9 Å². The fourth-order valence-electron chi connectivity index (χ4n) is 2.53. The normalized spacial score (nSPS) is 40.5. The quantitative estimate of drug-likeness (QED) is 0.720. The Morgan fingerprint density at radius 1 is 1.05 bits per heavy atom. The molecule has 2 heterocycles. The molecule has 0 aromatic heterocycles. The average molecular weight is 275 g/mol. The molecule has 0 saturated carbocycles. The molecule has 3 N–H and O–H groups in total. The van der Waals surface area contributed by atoms with Gasteiger partial charge in [0.05, 0.1) is 6.61 Å². The first-order valence-electron chi connectivity index (χ1n) is 6.27. The van der Waals surface area contributed by atoms with E-state index >= 15 is 0 Å². The molecule has 110 valence electrons. The molecule has 7 nitrogen and oxygen atoms in total. The Morgan fingerprint density at radius 3 is 2.11 bits per heavy atom. The zero-order valence-electron chi connectivity index (χ0n) is 11.6. The maximum absolute atomic E-state index is 11.5. The summed E-state index contributed by atoms with van der Waals surface area (Å²) in [6.45, 7) is 6.61. The van der Waals surface area contributed by atoms with Gasteiger partial charge in [0.15, 0.2) is 17.7 Å². The molecule has 0 aliphatic carbocycles. The Kier molecular flexibility index (Phi) is 3.61. The molecule has 2 aliphatic rings. The van der Waals surface area contributed by atoms with Crippen molar-refractivity contribution in [2.75, 3.05) is 6.61 Å². The first-order chi connectivity index (χ1) is 8.65. The van der Waals surface area contributed by atoms with Crippen LogP contribution in [-0.4, -0.2) is 53.6 Å². The van der Waals surface area contributed by atoms with E-state index in [1.807, 2.05) is 0 Å². The van der Waals surface area contributed by atoms with Gasteiger partial charge in [-0.1, -0.05) is 0 Å². The number of aliphatic hydroxyl groups excluding tert-OH is 1. The van der Waals surface area contributed by atoms with E-state index in [0.29, 0.717) is 0 Å². The van der Waals surface area contributed by atoms with Crippen LogP contribution in [0.25, 0.3) is 0 Å². The number of primary amides is 1. The van der Waals surface area contributed by atoms with Gasteiger partial charge in [-0.2, -0.15) is 0 Å². The second-order valence-electron chi connectivity index (χ2n) is 5.74. The summed E-state index contributed by atoms with van der Waals surface area (Å²) in [6, 6.07) is 0. The van der Waals surface area contributed by atoms with E-state index in [1.54, 1.807) is 27.7 Å². The van der Waals surface area contributed by atoms with E-state index in [-0.39, 0.29) is 6.61 Å². The molecular weight excluding hydrogens is 254 g/mol. The van der Waals surface area contributed by atoms with Crippen molar-refractivity contribution in [3.8, 4) is 0 Å². The van der Waals surface area contributed by atoms with E-state index in [0.717, 1.165) is 0 Å². The van der Waals surface area contributed by atoms with Crippen LogP contribution in [0.3, 0.4) is 0 Å². The van der Waals surface area contributed by atoms with Gasteiger partial charge in [0.1, 0.15) is 18.3 Å². The third-order valence-corrected chi connectivity index (χ3v) is 3.13. The molecule has 0 spiro atoms. The van der Waals surface area contributed by atoms with Crippen LogP contribution >= 0.6 is 0 Å². The molecule has 2 aliphatic heterocycles. The van der Waals surface area contributed by atoms with E-state index in [2.05, 4.69) is 0 Å². The van der Waals surface area contributed by atoms with Gasteiger partial charge in [-0.05, 0) is 27.7 Å². The summed E-state index contributed by atoms with van der Waals surface area (Å²) < 4.78 is 22.4. The van der Waals surface area contributed by atoms with Gasteiger partial charge in [0.2, 0.25) is 5.91 Å². The summed E-state index contributed by atoms with van der Waals surface area (Å²) in [7, 11) is 0. The molecule has 19 heavy (non-hydrogen) atoms. The summed E-state index contributed by atoms with van der Waals surface area (Å²) >= 11 is 0. The lowest BCUT2D eigenvalue weighted by atomic mass is 10.0. The Morgan fingerprint density at radius 2 is 1.58 bits per heavy atom. The molecule has 2 fully saturated rings. The zero-order chi connectivity index (χ0) is 14.4. The van der Waals surface area contributed by atoms with Crippen LogP contribution in [-0.2, 0) is 23.7 Å². The third kappa shape index (κ3) is 2.90. The van der Waals surface area contributed by atoms with Crippen LogP contribution in [0.15, 0.2) is 0 Å². The summed E-state index contributed by atoms with van der Waals surface area (Å²) in [5.41, 5.74) is 5.33. The van der Waals surface area contributed by atoms with Gasteiger partial charge in [0.25, 0.3) is 0 Å². The van der Waals surface area contributed by atoms with Gasteiger partial charge >= 0.3 is 0 Å². The standard InChI is InChI=1S/C12H21NO6/c1-11(2)16-6(5-14)7(17-11)8-9(10(13)15)19-12(3,4)18-8/h6-9,14H,5H2,1-4H3,(H2,13,15). The van der Waals surface area contributed by atoms with Crippen LogP contribution in [0.5, 0.6) is 0 Å². The topological polar surface area (TPSA) is 100 Å². The lowest BCUT2D eigenvalue weighted by Gasteiger charge is -2.24. The summed E-state index contributed by atoms with van der Waals surface area (Å²) in [5, 5.41) is 9.37. The van der Waals surface area contributed by atoms with Gasteiger partial charge < -0.3 is 29.8 Å². The highest BCUT2D eigenvalue weighted by atomic mass is 16.8. The van der Waals surface area contributed by atoms with Crippen molar-refractivity contribution < 1.29 is 28.8 Å². The minimum atomic E-state index is -0.930. The number of amides is 1. The number of aliphatic hydroxyl groups is 1. The van der Waals surface area contributed by atoms with Crippen molar-refractivity contribution in [1.29, 1.82) is 0 Å². The van der Waals surface area contributed by atoms with E-state index in [4.69, 9.17) is 24.7 Å². The van der Waals surface area contributed by atoms with Crippen molar-refractivity contribution in [3.05, 3.63) is 0 Å². The molecule has 0 bridgehead atoms. The third-order valence-electron chi connectivity index (χ3n) is 3.13. The highest BCUT2D eigenvalue weighted by molar-refractivity contribution is 5.80. The van der Waals surface area contributed by atoms with Gasteiger partial charge in [0, 0.05) is 0 Å². The number of rotatable bonds is 3. The molecular formula is C12H21NO6. The predicted octanol–water partition coefficient (Wildman–Crippen LogP) is -0.496. The van der Waals surface area contributed by atoms with Gasteiger partial charge in [-0.3, -0.25) is 4.79 Å². The van der Waals surface area contributed by atoms with E-state index in [1.165, 1.54) is 0 Å². The highest BCUT2D eigenvalue weighted by Gasteiger charge is 2.55. The Balaban J connectivity index is 2.22. The zero-order valence-corrected chi connectivity index (χ0v) is 11.6. The lowest BCUT2D eigenvalue weighted by molar-refractivity contribution is -0.175. The minimum absolute atomic E-state index is 0.236. The Hall–Kier alpha value is -0.730. The molecule has 2 saturated heterocycles. The molecule has 7 heteroatoms. The molecule has 0 aromatic rings. The summed E-state index contributed by atoms with van der Waals surface area (Å²) in [5.74, 6) is -2.41. The minimum Gasteiger partial charge on any atom is -0.394 e. The second kappa shape index (κ2) is 4.68. The Bertz CT molecular complexity index is 369. The van der Waals surface area contributed by atoms with Crippen molar-refractivity contribution in [1.82, 2.24) is 0 Å². The number of carbonyl (C=O) groups excluding carboxylic acids is 1. The lowest BCUT2D eigenvalue weighted by Crippen LogP contribution is -2.48. The average Bonchev–Trinajstić information content (AvgIpc) is 2.74. The summed E-state index contributed by atoms with van der Waals surface area (Å²) in [4.78, 5) is 11.5. The predicted molar refractivity (Wildman–Crippen MR) is 63.9 cm³/mol. The van der Waals surface area contributed by atoms with Crippen LogP contribution in [0, 0.1) is 0 Å². The van der Waals surface area contributed by atoms with E-state index in [9.17, 15) is 9.90 Å². The molecule has 0 radical (unpaired) electrons. The first kappa shape index (κ1) is 14.7. The Labute approximate surface area is 111 Å². The first-order valence-corrected chi connectivity index (χ1v) is 6.27. The molecule has 1 amide bonds. The number of hydrogen-bond acceptors (Lipinski definition) is 6. The van der Waals surface area contributed by atoms with Crippen LogP contribution < -0.4 is 5.73 Å². The van der Waals surface area contributed by atoms with Crippen molar-refractivity contribution in [3.63, 3.8) is 0 Å². The molecule has 4 atom stereocenters. The molecule has 4 unspecified atom stereocenters. The fraction of sp³-hybridized carbons (Fsp3) is 0.917. The monoisotopic (exact) mass is 275 g/mol. The molecule has 2 rings (SSSR count). The highest BCUT2D eigenvalue weighted by Crippen LogP contribution is 2.38. The number of ether oxygens (including phenoxy) is 4. The van der Waals surface area contributed by atoms with Gasteiger partial charge in [-0.15, -0.1) is 0 Å². The number of carbonyl (C=O) groups is 1. The number of hydrogen-bond donors (Lipinski definition) is 2. The van der Waals surface area contributed by atoms with Crippen molar-refractivity contribution in [2.24, 2.45) is 5.73 Å². The van der Waals surface area contributed by atoms with Crippen LogP contribution in [0.4, 0.5) is 0 Å². The maximum Gasteiger partial charge on any atom is 0.249 e. The maximum atomic E-state index is 11.5. The largest absolute Gasteiger partial charge is 0.394 e. The smallest absolute Gasteiger partial charge is 0.249 e.